The summed E-state index contributed by atoms with van der Waals surface area (Å²) in [5.41, 5.74) is 3.93. The minimum absolute atomic E-state index is 0.128. The van der Waals surface area contributed by atoms with Crippen molar-refractivity contribution in [2.75, 3.05) is 0 Å². The first-order chi connectivity index (χ1) is 16.2. The average Bonchev–Trinajstić information content (AvgIpc) is 2.75. The van der Waals surface area contributed by atoms with Crippen LogP contribution in [0.1, 0.15) is 33.4 Å². The molecule has 0 saturated heterocycles. The lowest BCUT2D eigenvalue weighted by molar-refractivity contribution is 0.606. The van der Waals surface area contributed by atoms with E-state index < -0.39 is 25.7 Å². The molecule has 0 aliphatic rings. The first kappa shape index (κ1) is 31.3. The molecule has 0 saturated carbocycles. The van der Waals surface area contributed by atoms with Crippen LogP contribution in [0.5, 0.6) is 0 Å². The lowest BCUT2D eigenvalue weighted by Gasteiger charge is -2.01. The summed E-state index contributed by atoms with van der Waals surface area (Å²) in [4.78, 5) is 0. The molecular formula is C24H27BrClF3N2O2S2. The van der Waals surface area contributed by atoms with E-state index in [0.717, 1.165) is 11.1 Å². The molecule has 0 aromatic heterocycles. The largest absolute Gasteiger partial charge is 0.269 e. The third-order valence-electron chi connectivity index (χ3n) is 4.52. The van der Waals surface area contributed by atoms with E-state index in [1.807, 2.05) is 6.07 Å². The highest BCUT2D eigenvalue weighted by molar-refractivity contribution is 9.08. The highest BCUT2D eigenvalue weighted by atomic mass is 79.9. The predicted molar refractivity (Wildman–Crippen MR) is 142 cm³/mol. The van der Waals surface area contributed by atoms with Gasteiger partial charge in [-0.25, -0.2) is 21.6 Å². The molecular weight excluding hydrogens is 585 g/mol. The number of hydrogen-bond donors (Lipinski definition) is 2. The Balaban J connectivity index is 0.000000265. The minimum atomic E-state index is -3.60. The van der Waals surface area contributed by atoms with Crippen LogP contribution in [0.3, 0.4) is 0 Å². The van der Waals surface area contributed by atoms with E-state index >= 15 is 0 Å². The molecule has 0 aliphatic heterocycles. The van der Waals surface area contributed by atoms with E-state index in [1.165, 1.54) is 18.2 Å². The van der Waals surface area contributed by atoms with Crippen LogP contribution in [-0.2, 0) is 36.8 Å². The summed E-state index contributed by atoms with van der Waals surface area (Å²) in [5, 5.41) is 6.00. The first-order valence-corrected chi connectivity index (χ1v) is 15.2. The fraction of sp³-hybridized carbons (Fsp3) is 0.250. The van der Waals surface area contributed by atoms with E-state index in [4.69, 9.17) is 20.6 Å². The molecule has 4 nitrogen and oxygen atoms in total. The molecule has 1 unspecified atom stereocenters. The lowest BCUT2D eigenvalue weighted by atomic mass is 10.2. The number of nitrogens with two attached hydrogens (primary N) is 1. The summed E-state index contributed by atoms with van der Waals surface area (Å²) in [7, 11) is 0.510. The molecule has 35 heavy (non-hydrogen) atoms. The molecule has 192 valence electrons. The summed E-state index contributed by atoms with van der Waals surface area (Å²) in [6, 6.07) is 14.4. The number of nitrogens with one attached hydrogen (secondary N) is 1. The van der Waals surface area contributed by atoms with Gasteiger partial charge < -0.3 is 0 Å². The SMILES string of the molecule is Cc1ccc(CBr)cc1F.Cc1ccc(CS(=N)N)cc1F.Cc1ccc(CS(=O)(=O)Cl)cc1F. The molecule has 0 amide bonds. The summed E-state index contributed by atoms with van der Waals surface area (Å²) in [6.07, 6.45) is 0. The molecule has 3 aromatic carbocycles. The number of aryl methyl sites for hydroxylation is 3. The highest BCUT2D eigenvalue weighted by Gasteiger charge is 2.08. The molecule has 11 heteroatoms. The third kappa shape index (κ3) is 12.7. The van der Waals surface area contributed by atoms with Crippen molar-refractivity contribution in [2.24, 2.45) is 5.14 Å². The Morgan fingerprint density at radius 2 is 1.20 bits per heavy atom. The van der Waals surface area contributed by atoms with Gasteiger partial charge in [0.15, 0.2) is 0 Å². The van der Waals surface area contributed by atoms with E-state index in [0.29, 0.717) is 33.3 Å². The van der Waals surface area contributed by atoms with Crippen molar-refractivity contribution >= 4 is 46.5 Å². The van der Waals surface area contributed by atoms with E-state index in [1.54, 1.807) is 51.1 Å². The highest BCUT2D eigenvalue weighted by Crippen LogP contribution is 2.14. The summed E-state index contributed by atoms with van der Waals surface area (Å²) < 4.78 is 67.0. The molecule has 0 aliphatic carbocycles. The topological polar surface area (TPSA) is 84.0 Å². The fourth-order valence-electron chi connectivity index (χ4n) is 2.55. The van der Waals surface area contributed by atoms with Crippen molar-refractivity contribution < 1.29 is 21.6 Å². The Morgan fingerprint density at radius 3 is 1.57 bits per heavy atom. The molecule has 0 bridgehead atoms. The monoisotopic (exact) mass is 610 g/mol. The van der Waals surface area contributed by atoms with E-state index in [2.05, 4.69) is 15.9 Å². The zero-order chi connectivity index (χ0) is 26.8. The summed E-state index contributed by atoms with van der Waals surface area (Å²) in [5.74, 6) is -0.684. The van der Waals surface area contributed by atoms with E-state index in [-0.39, 0.29) is 17.4 Å². The number of benzene rings is 3. The molecule has 1 atom stereocenters. The Labute approximate surface area is 220 Å². The number of hydrogen-bond acceptors (Lipinski definition) is 3. The van der Waals surface area contributed by atoms with Crippen LogP contribution in [0.2, 0.25) is 0 Å². The molecule has 0 spiro atoms. The van der Waals surface area contributed by atoms with Crippen molar-refractivity contribution in [3.8, 4) is 0 Å². The molecule has 3 aromatic rings. The van der Waals surface area contributed by atoms with Crippen molar-refractivity contribution in [2.45, 2.75) is 37.6 Å². The molecule has 0 fully saturated rings. The Kier molecular flexibility index (Phi) is 13.2. The lowest BCUT2D eigenvalue weighted by Crippen LogP contribution is -2.03. The average molecular weight is 612 g/mol. The fourth-order valence-corrected chi connectivity index (χ4v) is 4.39. The van der Waals surface area contributed by atoms with Gasteiger partial charge in [-0.05, 0) is 83.2 Å². The van der Waals surface area contributed by atoms with Gasteiger partial charge in [0.1, 0.15) is 17.5 Å². The van der Waals surface area contributed by atoms with Crippen LogP contribution in [-0.4, -0.2) is 8.42 Å². The maximum Gasteiger partial charge on any atom is 0.236 e. The Bertz CT molecular complexity index is 1280. The number of halogens is 5. The first-order valence-electron chi connectivity index (χ1n) is 10.1. The van der Waals surface area contributed by atoms with Gasteiger partial charge in [0.25, 0.3) is 0 Å². The molecule has 0 radical (unpaired) electrons. The Morgan fingerprint density at radius 1 is 0.829 bits per heavy atom. The number of rotatable bonds is 5. The van der Waals surface area contributed by atoms with Crippen LogP contribution in [0.4, 0.5) is 13.2 Å². The maximum atomic E-state index is 12.9. The van der Waals surface area contributed by atoms with Crippen LogP contribution >= 0.6 is 26.6 Å². The second-order valence-electron chi connectivity index (χ2n) is 7.64. The molecule has 0 heterocycles. The van der Waals surface area contributed by atoms with Crippen LogP contribution in [0.15, 0.2) is 54.6 Å². The zero-order valence-electron chi connectivity index (χ0n) is 19.4. The van der Waals surface area contributed by atoms with Gasteiger partial charge in [-0.3, -0.25) is 9.92 Å². The quantitative estimate of drug-likeness (QED) is 0.238. The normalized spacial score (nSPS) is 11.6. The van der Waals surface area contributed by atoms with Crippen molar-refractivity contribution in [3.63, 3.8) is 0 Å². The van der Waals surface area contributed by atoms with Crippen LogP contribution < -0.4 is 5.14 Å². The third-order valence-corrected chi connectivity index (χ3v) is 6.82. The summed E-state index contributed by atoms with van der Waals surface area (Å²) in [6.45, 7) is 5.07. The van der Waals surface area contributed by atoms with Crippen molar-refractivity contribution in [1.82, 2.24) is 0 Å². The zero-order valence-corrected chi connectivity index (χ0v) is 23.4. The molecule has 3 N–H and O–H groups in total. The second kappa shape index (κ2) is 14.7. The van der Waals surface area contributed by atoms with Gasteiger partial charge in [0, 0.05) is 21.8 Å². The maximum absolute atomic E-state index is 12.9. The molecule has 3 rings (SSSR count). The predicted octanol–water partition coefficient (Wildman–Crippen LogP) is 7.12. The second-order valence-corrected chi connectivity index (χ2v) is 12.1. The van der Waals surface area contributed by atoms with Crippen LogP contribution in [0.25, 0.3) is 0 Å². The smallest absolute Gasteiger partial charge is 0.236 e. The van der Waals surface area contributed by atoms with Gasteiger partial charge in [0.2, 0.25) is 9.05 Å². The standard InChI is InChI=1S/C8H8BrF.C8H8ClFO2S.C8H11FN2S/c1-6-2-3-7(5-9)4-8(6)10;1-6-2-3-7(4-8(6)10)5-13(9,11)12;1-6-2-3-7(4-8(6)9)5-12(10)11/h2-4H,5H2,1H3;2-4H,5H2,1H3;2-4H,5H2,1H3,(H3,10,11). The summed E-state index contributed by atoms with van der Waals surface area (Å²) >= 11 is 3.25. The Hall–Kier alpha value is -1.72. The van der Waals surface area contributed by atoms with E-state index in [9.17, 15) is 21.6 Å². The van der Waals surface area contributed by atoms with Gasteiger partial charge >= 0.3 is 0 Å². The minimum Gasteiger partial charge on any atom is -0.269 e. The van der Waals surface area contributed by atoms with Gasteiger partial charge in [-0.1, -0.05) is 52.3 Å². The van der Waals surface area contributed by atoms with Crippen molar-refractivity contribution in [1.29, 1.82) is 4.78 Å². The van der Waals surface area contributed by atoms with Gasteiger partial charge in [0.05, 0.1) is 5.75 Å². The van der Waals surface area contributed by atoms with Gasteiger partial charge in [-0.15, -0.1) is 0 Å². The van der Waals surface area contributed by atoms with Crippen LogP contribution in [0, 0.1) is 43.0 Å². The van der Waals surface area contributed by atoms with Crippen molar-refractivity contribution in [3.05, 3.63) is 105 Å². The number of alkyl halides is 1. The van der Waals surface area contributed by atoms with Gasteiger partial charge in [-0.2, -0.15) is 0 Å².